The van der Waals surface area contributed by atoms with Gasteiger partial charge in [-0.1, -0.05) is 0 Å². The Labute approximate surface area is 94.3 Å². The van der Waals surface area contributed by atoms with Gasteiger partial charge in [-0.25, -0.2) is 0 Å². The molecule has 0 aromatic carbocycles. The molecule has 2 aromatic rings. The van der Waals surface area contributed by atoms with Gasteiger partial charge in [-0.05, 0) is 43.9 Å². The molecular formula is C12H15N3O. The minimum Gasteiger partial charge on any atom is -0.370 e. The van der Waals surface area contributed by atoms with Crippen LogP contribution in [0.5, 0.6) is 0 Å². The normalized spacial score (nSPS) is 21.4. The van der Waals surface area contributed by atoms with Crippen molar-refractivity contribution in [2.45, 2.75) is 32.3 Å². The van der Waals surface area contributed by atoms with Crippen molar-refractivity contribution < 1.29 is 4.74 Å². The Morgan fingerprint density at radius 2 is 2.31 bits per heavy atom. The molecule has 1 atom stereocenters. The molecule has 2 aromatic heterocycles. The van der Waals surface area contributed by atoms with Crippen LogP contribution in [0.3, 0.4) is 0 Å². The van der Waals surface area contributed by atoms with Gasteiger partial charge in [0.15, 0.2) is 11.5 Å². The van der Waals surface area contributed by atoms with Crippen molar-refractivity contribution >= 4 is 5.65 Å². The zero-order chi connectivity index (χ0) is 11.0. The molecule has 84 valence electrons. The van der Waals surface area contributed by atoms with Gasteiger partial charge >= 0.3 is 0 Å². The maximum Gasteiger partial charge on any atom is 0.166 e. The highest BCUT2D eigenvalue weighted by Crippen LogP contribution is 2.26. The van der Waals surface area contributed by atoms with Crippen LogP contribution in [0.1, 0.15) is 36.8 Å². The van der Waals surface area contributed by atoms with Gasteiger partial charge in [0.05, 0.1) is 0 Å². The number of aryl methyl sites for hydroxylation is 1. The van der Waals surface area contributed by atoms with E-state index >= 15 is 0 Å². The molecule has 16 heavy (non-hydrogen) atoms. The first-order chi connectivity index (χ1) is 7.84. The van der Waals surface area contributed by atoms with Gasteiger partial charge in [0.25, 0.3) is 0 Å². The van der Waals surface area contributed by atoms with Crippen molar-refractivity contribution in [3.8, 4) is 0 Å². The summed E-state index contributed by atoms with van der Waals surface area (Å²) in [6.07, 6.45) is 5.57. The lowest BCUT2D eigenvalue weighted by atomic mass is 10.1. The number of rotatable bonds is 1. The number of aromatic nitrogens is 3. The summed E-state index contributed by atoms with van der Waals surface area (Å²) >= 11 is 0. The predicted octanol–water partition coefficient (Wildman–Crippen LogP) is 2.28. The van der Waals surface area contributed by atoms with E-state index in [1.54, 1.807) is 0 Å². The number of ether oxygens (including phenoxy) is 1. The Hall–Kier alpha value is -1.42. The summed E-state index contributed by atoms with van der Waals surface area (Å²) in [6, 6.07) is 4.11. The average molecular weight is 217 g/mol. The molecular weight excluding hydrogens is 202 g/mol. The van der Waals surface area contributed by atoms with Gasteiger partial charge < -0.3 is 4.74 Å². The molecule has 0 bridgehead atoms. The molecule has 1 unspecified atom stereocenters. The summed E-state index contributed by atoms with van der Waals surface area (Å²) in [5, 5.41) is 8.44. The highest BCUT2D eigenvalue weighted by atomic mass is 16.5. The molecule has 0 spiro atoms. The molecule has 0 aliphatic carbocycles. The Bertz CT molecular complexity index is 500. The van der Waals surface area contributed by atoms with Crippen molar-refractivity contribution in [3.63, 3.8) is 0 Å². The van der Waals surface area contributed by atoms with Crippen molar-refractivity contribution in [1.82, 2.24) is 14.6 Å². The molecule has 1 fully saturated rings. The molecule has 4 nitrogen and oxygen atoms in total. The standard InChI is InChI=1S/C12H15N3O/c1-9-5-6-15-11(8-9)13-14-12(15)10-4-2-3-7-16-10/h5-6,8,10H,2-4,7H2,1H3. The lowest BCUT2D eigenvalue weighted by Crippen LogP contribution is -2.14. The minimum absolute atomic E-state index is 0.117. The van der Waals surface area contributed by atoms with E-state index in [4.69, 9.17) is 4.74 Å². The van der Waals surface area contributed by atoms with Crippen LogP contribution >= 0.6 is 0 Å². The van der Waals surface area contributed by atoms with E-state index in [0.717, 1.165) is 30.9 Å². The number of pyridine rings is 1. The van der Waals surface area contributed by atoms with E-state index in [9.17, 15) is 0 Å². The Morgan fingerprint density at radius 1 is 1.38 bits per heavy atom. The second kappa shape index (κ2) is 3.87. The van der Waals surface area contributed by atoms with E-state index in [2.05, 4.69) is 23.2 Å². The topological polar surface area (TPSA) is 39.4 Å². The molecule has 1 aliphatic rings. The summed E-state index contributed by atoms with van der Waals surface area (Å²) in [6.45, 7) is 2.90. The van der Waals surface area contributed by atoms with E-state index in [1.165, 1.54) is 12.0 Å². The summed E-state index contributed by atoms with van der Waals surface area (Å²) in [4.78, 5) is 0. The van der Waals surface area contributed by atoms with Gasteiger partial charge in [0.1, 0.15) is 6.10 Å². The maximum atomic E-state index is 5.74. The fourth-order valence-corrected chi connectivity index (χ4v) is 2.18. The second-order valence-corrected chi connectivity index (χ2v) is 4.35. The van der Waals surface area contributed by atoms with Crippen molar-refractivity contribution in [2.24, 2.45) is 0 Å². The third kappa shape index (κ3) is 1.59. The third-order valence-corrected chi connectivity index (χ3v) is 3.06. The fraction of sp³-hybridized carbons (Fsp3) is 0.500. The van der Waals surface area contributed by atoms with Gasteiger partial charge in [0, 0.05) is 12.8 Å². The van der Waals surface area contributed by atoms with Crippen LogP contribution < -0.4 is 0 Å². The Morgan fingerprint density at radius 3 is 3.12 bits per heavy atom. The van der Waals surface area contributed by atoms with E-state index in [0.29, 0.717) is 0 Å². The molecule has 4 heteroatoms. The monoisotopic (exact) mass is 217 g/mol. The van der Waals surface area contributed by atoms with E-state index in [-0.39, 0.29) is 6.10 Å². The van der Waals surface area contributed by atoms with Crippen LogP contribution in [0, 0.1) is 6.92 Å². The Kier molecular flexibility index (Phi) is 2.36. The second-order valence-electron chi connectivity index (χ2n) is 4.35. The van der Waals surface area contributed by atoms with E-state index < -0.39 is 0 Å². The summed E-state index contributed by atoms with van der Waals surface area (Å²) in [5.41, 5.74) is 2.11. The van der Waals surface area contributed by atoms with Crippen LogP contribution in [0.4, 0.5) is 0 Å². The zero-order valence-electron chi connectivity index (χ0n) is 9.39. The van der Waals surface area contributed by atoms with Crippen molar-refractivity contribution in [3.05, 3.63) is 29.7 Å². The van der Waals surface area contributed by atoms with Crippen LogP contribution in [0.2, 0.25) is 0 Å². The fourth-order valence-electron chi connectivity index (χ4n) is 2.18. The van der Waals surface area contributed by atoms with Gasteiger partial charge in [-0.15, -0.1) is 10.2 Å². The molecule has 0 N–H and O–H groups in total. The smallest absolute Gasteiger partial charge is 0.166 e. The summed E-state index contributed by atoms with van der Waals surface area (Å²) < 4.78 is 7.77. The quantitative estimate of drug-likeness (QED) is 0.735. The van der Waals surface area contributed by atoms with Crippen LogP contribution in [-0.4, -0.2) is 21.2 Å². The van der Waals surface area contributed by atoms with Gasteiger partial charge in [0.2, 0.25) is 0 Å². The van der Waals surface area contributed by atoms with Gasteiger partial charge in [-0.3, -0.25) is 4.40 Å². The number of nitrogens with zero attached hydrogens (tertiary/aromatic N) is 3. The molecule has 1 saturated heterocycles. The van der Waals surface area contributed by atoms with Crippen molar-refractivity contribution in [2.75, 3.05) is 6.61 Å². The molecule has 3 rings (SSSR count). The first kappa shape index (κ1) is 9.78. The van der Waals surface area contributed by atoms with Gasteiger partial charge in [-0.2, -0.15) is 0 Å². The highest BCUT2D eigenvalue weighted by Gasteiger charge is 2.21. The number of hydrogen-bond donors (Lipinski definition) is 0. The molecule has 1 aliphatic heterocycles. The first-order valence-electron chi connectivity index (χ1n) is 5.77. The molecule has 0 saturated carbocycles. The summed E-state index contributed by atoms with van der Waals surface area (Å²) in [7, 11) is 0. The zero-order valence-corrected chi connectivity index (χ0v) is 9.39. The first-order valence-corrected chi connectivity index (χ1v) is 5.77. The minimum atomic E-state index is 0.117. The van der Waals surface area contributed by atoms with Crippen molar-refractivity contribution in [1.29, 1.82) is 0 Å². The van der Waals surface area contributed by atoms with Crippen LogP contribution in [0.25, 0.3) is 5.65 Å². The SMILES string of the molecule is Cc1ccn2c(C3CCCCO3)nnc2c1. The highest BCUT2D eigenvalue weighted by molar-refractivity contribution is 5.40. The predicted molar refractivity (Wildman–Crippen MR) is 60.3 cm³/mol. The summed E-state index contributed by atoms with van der Waals surface area (Å²) in [5.74, 6) is 0.940. The van der Waals surface area contributed by atoms with Crippen LogP contribution in [0.15, 0.2) is 18.3 Å². The van der Waals surface area contributed by atoms with E-state index in [1.807, 2.05) is 16.7 Å². The average Bonchev–Trinajstić information content (AvgIpc) is 2.73. The number of fused-ring (bicyclic) bond motifs is 1. The lowest BCUT2D eigenvalue weighted by Gasteiger charge is -2.20. The maximum absolute atomic E-state index is 5.74. The Balaban J connectivity index is 2.03. The molecule has 0 amide bonds. The molecule has 3 heterocycles. The third-order valence-electron chi connectivity index (χ3n) is 3.06. The largest absolute Gasteiger partial charge is 0.370 e. The lowest BCUT2D eigenvalue weighted by molar-refractivity contribution is 0.00885. The number of hydrogen-bond acceptors (Lipinski definition) is 3. The van der Waals surface area contributed by atoms with Crippen LogP contribution in [-0.2, 0) is 4.74 Å². The molecule has 0 radical (unpaired) electrons.